The lowest BCUT2D eigenvalue weighted by molar-refractivity contribution is 0.318. The summed E-state index contributed by atoms with van der Waals surface area (Å²) < 4.78 is 19.3. The quantitative estimate of drug-likeness (QED) is 0.733. The van der Waals surface area contributed by atoms with Crippen LogP contribution in [-0.4, -0.2) is 20.2 Å². The van der Waals surface area contributed by atoms with Gasteiger partial charge in [0, 0.05) is 6.04 Å². The first-order valence-corrected chi connectivity index (χ1v) is 7.66. The van der Waals surface area contributed by atoms with Gasteiger partial charge in [0.05, 0.1) is 7.11 Å². The van der Waals surface area contributed by atoms with Gasteiger partial charge in [0.15, 0.2) is 11.6 Å². The first-order valence-electron chi connectivity index (χ1n) is 7.66. The smallest absolute Gasteiger partial charge is 0.168 e. The Labute approximate surface area is 122 Å². The van der Waals surface area contributed by atoms with Crippen molar-refractivity contribution < 1.29 is 9.13 Å². The van der Waals surface area contributed by atoms with Crippen molar-refractivity contribution in [1.29, 1.82) is 0 Å². The van der Waals surface area contributed by atoms with Gasteiger partial charge in [-0.1, -0.05) is 38.8 Å². The molecule has 0 aromatic heterocycles. The molecule has 0 aliphatic rings. The molecule has 0 spiro atoms. The molecule has 0 aliphatic carbocycles. The second kappa shape index (κ2) is 8.96. The van der Waals surface area contributed by atoms with Gasteiger partial charge in [-0.15, -0.1) is 0 Å². The number of likely N-dealkylation sites (N-methyl/N-ethyl adjacent to an activating group) is 1. The topological polar surface area (TPSA) is 21.3 Å². The molecule has 1 rings (SSSR count). The summed E-state index contributed by atoms with van der Waals surface area (Å²) in [5, 5.41) is 3.38. The van der Waals surface area contributed by atoms with Gasteiger partial charge in [-0.05, 0) is 43.9 Å². The summed E-state index contributed by atoms with van der Waals surface area (Å²) in [7, 11) is 3.48. The summed E-state index contributed by atoms with van der Waals surface area (Å²) in [5.74, 6) is 0.711. The summed E-state index contributed by atoms with van der Waals surface area (Å²) in [6.45, 7) is 4.42. The third-order valence-electron chi connectivity index (χ3n) is 3.96. The minimum atomic E-state index is -0.220. The Hall–Kier alpha value is -1.09. The molecule has 0 fully saturated rings. The third-order valence-corrected chi connectivity index (χ3v) is 3.96. The molecule has 0 heterocycles. The Morgan fingerprint density at radius 1 is 1.20 bits per heavy atom. The molecule has 1 unspecified atom stereocenters. The van der Waals surface area contributed by atoms with E-state index in [1.165, 1.54) is 32.8 Å². The van der Waals surface area contributed by atoms with Gasteiger partial charge in [0.25, 0.3) is 0 Å². The molecule has 0 radical (unpaired) electrons. The average molecular weight is 281 g/mol. The van der Waals surface area contributed by atoms with Crippen molar-refractivity contribution in [3.8, 4) is 5.75 Å². The van der Waals surface area contributed by atoms with Crippen LogP contribution in [-0.2, 0) is 6.42 Å². The van der Waals surface area contributed by atoms with E-state index in [-0.39, 0.29) is 5.82 Å². The second-order valence-electron chi connectivity index (χ2n) is 5.37. The van der Waals surface area contributed by atoms with Crippen molar-refractivity contribution in [2.45, 2.75) is 52.0 Å². The Morgan fingerprint density at radius 3 is 2.35 bits per heavy atom. The van der Waals surface area contributed by atoms with E-state index in [9.17, 15) is 4.39 Å². The van der Waals surface area contributed by atoms with Gasteiger partial charge in [0.1, 0.15) is 0 Å². The fourth-order valence-electron chi connectivity index (χ4n) is 2.90. The van der Waals surface area contributed by atoms with E-state index < -0.39 is 0 Å². The van der Waals surface area contributed by atoms with Crippen LogP contribution >= 0.6 is 0 Å². The highest BCUT2D eigenvalue weighted by Crippen LogP contribution is 2.25. The predicted molar refractivity (Wildman–Crippen MR) is 82.8 cm³/mol. The van der Waals surface area contributed by atoms with Gasteiger partial charge in [-0.3, -0.25) is 0 Å². The highest BCUT2D eigenvalue weighted by Gasteiger charge is 2.21. The molecule has 0 amide bonds. The van der Waals surface area contributed by atoms with Crippen molar-refractivity contribution in [2.75, 3.05) is 14.2 Å². The summed E-state index contributed by atoms with van der Waals surface area (Å²) in [5.41, 5.74) is 0.737. The molecule has 114 valence electrons. The molecule has 1 aromatic rings. The van der Waals surface area contributed by atoms with Gasteiger partial charge >= 0.3 is 0 Å². The zero-order valence-corrected chi connectivity index (χ0v) is 13.2. The Bertz CT molecular complexity index is 389. The molecule has 3 heteroatoms. The van der Waals surface area contributed by atoms with E-state index in [4.69, 9.17) is 4.74 Å². The standard InChI is InChI=1S/C17H28FNO/c1-5-8-13(9-6-2)15(19-3)12-14-10-7-11-16(20-4)17(14)18/h7,10-11,13,15,19H,5-6,8-9,12H2,1-4H3. The maximum absolute atomic E-state index is 14.3. The summed E-state index contributed by atoms with van der Waals surface area (Å²) in [6, 6.07) is 5.70. The van der Waals surface area contributed by atoms with Gasteiger partial charge < -0.3 is 10.1 Å². The number of nitrogens with one attached hydrogen (secondary N) is 1. The van der Waals surface area contributed by atoms with Crippen molar-refractivity contribution in [2.24, 2.45) is 5.92 Å². The minimum absolute atomic E-state index is 0.220. The number of methoxy groups -OCH3 is 1. The largest absolute Gasteiger partial charge is 0.494 e. The highest BCUT2D eigenvalue weighted by atomic mass is 19.1. The Kier molecular flexibility index (Phi) is 7.60. The van der Waals surface area contributed by atoms with Crippen molar-refractivity contribution >= 4 is 0 Å². The van der Waals surface area contributed by atoms with Crippen LogP contribution in [0.25, 0.3) is 0 Å². The number of benzene rings is 1. The van der Waals surface area contributed by atoms with Gasteiger partial charge in [-0.25, -0.2) is 4.39 Å². The third kappa shape index (κ3) is 4.48. The summed E-state index contributed by atoms with van der Waals surface area (Å²) in [6.07, 6.45) is 5.42. The molecular formula is C17H28FNO. The summed E-state index contributed by atoms with van der Waals surface area (Å²) >= 11 is 0. The molecule has 1 aromatic carbocycles. The van der Waals surface area contributed by atoms with Crippen LogP contribution in [0.4, 0.5) is 4.39 Å². The van der Waals surface area contributed by atoms with Crippen LogP contribution in [0.15, 0.2) is 18.2 Å². The maximum atomic E-state index is 14.3. The fourth-order valence-corrected chi connectivity index (χ4v) is 2.90. The number of hydrogen-bond acceptors (Lipinski definition) is 2. The first kappa shape index (κ1) is 17.0. The van der Waals surface area contributed by atoms with Gasteiger partial charge in [-0.2, -0.15) is 0 Å². The fraction of sp³-hybridized carbons (Fsp3) is 0.647. The van der Waals surface area contributed by atoms with Crippen LogP contribution in [0.3, 0.4) is 0 Å². The van der Waals surface area contributed by atoms with E-state index in [1.54, 1.807) is 6.07 Å². The maximum Gasteiger partial charge on any atom is 0.168 e. The normalized spacial score (nSPS) is 12.7. The minimum Gasteiger partial charge on any atom is -0.494 e. The highest BCUT2D eigenvalue weighted by molar-refractivity contribution is 5.31. The van der Waals surface area contributed by atoms with E-state index in [0.29, 0.717) is 24.1 Å². The Morgan fingerprint density at radius 2 is 1.85 bits per heavy atom. The molecule has 1 N–H and O–H groups in total. The van der Waals surface area contributed by atoms with E-state index in [0.717, 1.165) is 5.56 Å². The van der Waals surface area contributed by atoms with Crippen molar-refractivity contribution in [1.82, 2.24) is 5.32 Å². The molecular weight excluding hydrogens is 253 g/mol. The van der Waals surface area contributed by atoms with E-state index in [1.807, 2.05) is 19.2 Å². The molecule has 0 saturated heterocycles. The first-order chi connectivity index (χ1) is 9.67. The monoisotopic (exact) mass is 281 g/mol. The lowest BCUT2D eigenvalue weighted by Crippen LogP contribution is -2.36. The molecule has 0 bridgehead atoms. The second-order valence-corrected chi connectivity index (χ2v) is 5.37. The molecule has 2 nitrogen and oxygen atoms in total. The number of hydrogen-bond donors (Lipinski definition) is 1. The molecule has 1 atom stereocenters. The lowest BCUT2D eigenvalue weighted by atomic mass is 9.86. The zero-order valence-electron chi connectivity index (χ0n) is 13.2. The zero-order chi connectivity index (χ0) is 15.0. The van der Waals surface area contributed by atoms with Crippen LogP contribution in [0.1, 0.15) is 45.1 Å². The van der Waals surface area contributed by atoms with Crippen molar-refractivity contribution in [3.05, 3.63) is 29.6 Å². The SMILES string of the molecule is CCCC(CCC)C(Cc1cccc(OC)c1F)NC. The van der Waals surface area contributed by atoms with E-state index in [2.05, 4.69) is 19.2 Å². The van der Waals surface area contributed by atoms with Crippen LogP contribution in [0.5, 0.6) is 5.75 Å². The molecule has 0 aliphatic heterocycles. The van der Waals surface area contributed by atoms with Gasteiger partial charge in [0.2, 0.25) is 0 Å². The summed E-state index contributed by atoms with van der Waals surface area (Å²) in [4.78, 5) is 0. The number of halogens is 1. The Balaban J connectivity index is 2.86. The number of ether oxygens (including phenoxy) is 1. The molecule has 0 saturated carbocycles. The predicted octanol–water partition coefficient (Wildman–Crippen LogP) is 4.18. The molecule has 20 heavy (non-hydrogen) atoms. The van der Waals surface area contributed by atoms with Crippen LogP contribution < -0.4 is 10.1 Å². The van der Waals surface area contributed by atoms with Crippen molar-refractivity contribution in [3.63, 3.8) is 0 Å². The van der Waals surface area contributed by atoms with E-state index >= 15 is 0 Å². The van der Waals surface area contributed by atoms with Crippen LogP contribution in [0, 0.1) is 11.7 Å². The number of rotatable bonds is 9. The average Bonchev–Trinajstić information content (AvgIpc) is 2.46. The lowest BCUT2D eigenvalue weighted by Gasteiger charge is -2.27. The van der Waals surface area contributed by atoms with Crippen LogP contribution in [0.2, 0.25) is 0 Å².